The van der Waals surface area contributed by atoms with Crippen LogP contribution in [0, 0.1) is 5.82 Å². The van der Waals surface area contributed by atoms with Crippen molar-refractivity contribution in [1.29, 1.82) is 0 Å². The third-order valence-corrected chi connectivity index (χ3v) is 2.45. The van der Waals surface area contributed by atoms with Gasteiger partial charge in [0, 0.05) is 11.6 Å². The Morgan fingerprint density at radius 1 is 1.35 bits per heavy atom. The average molecular weight is 286 g/mol. The molecule has 0 saturated heterocycles. The predicted octanol–water partition coefficient (Wildman–Crippen LogP) is 2.22. The van der Waals surface area contributed by atoms with Crippen LogP contribution >= 0.6 is 0 Å². The van der Waals surface area contributed by atoms with Gasteiger partial charge in [0.15, 0.2) is 17.6 Å². The zero-order valence-corrected chi connectivity index (χ0v) is 12.0. The Bertz CT molecular complexity index is 473. The fourth-order valence-electron chi connectivity index (χ4n) is 1.61. The summed E-state index contributed by atoms with van der Waals surface area (Å²) in [5.74, 6) is -1.23. The van der Waals surface area contributed by atoms with Crippen molar-refractivity contribution in [2.75, 3.05) is 13.7 Å². The summed E-state index contributed by atoms with van der Waals surface area (Å²) in [4.78, 5) is 11.4. The molecule has 0 heterocycles. The zero-order valence-electron chi connectivity index (χ0n) is 12.0. The predicted molar refractivity (Wildman–Crippen MR) is 70.3 cm³/mol. The summed E-state index contributed by atoms with van der Waals surface area (Å²) in [6, 6.07) is 2.31. The molecule has 1 aromatic carbocycles. The number of carbonyl (C=O) groups excluding carboxylic acids is 1. The Hall–Kier alpha value is -1.82. The molecule has 20 heavy (non-hydrogen) atoms. The van der Waals surface area contributed by atoms with Crippen LogP contribution in [0.2, 0.25) is 0 Å². The van der Waals surface area contributed by atoms with E-state index in [2.05, 4.69) is 4.74 Å². The number of carbonyl (C=O) groups is 1. The molecular formula is C14H19FO5. The maximum atomic E-state index is 14.0. The van der Waals surface area contributed by atoms with Crippen LogP contribution < -0.4 is 9.47 Å². The van der Waals surface area contributed by atoms with Gasteiger partial charge >= 0.3 is 5.97 Å². The van der Waals surface area contributed by atoms with Crippen molar-refractivity contribution in [3.63, 3.8) is 0 Å². The Kier molecular flexibility index (Phi) is 5.76. The summed E-state index contributed by atoms with van der Waals surface area (Å²) in [5, 5.41) is 9.78. The van der Waals surface area contributed by atoms with Crippen molar-refractivity contribution in [3.05, 3.63) is 23.5 Å². The number of aliphatic hydroxyl groups excluding tert-OH is 1. The quantitative estimate of drug-likeness (QED) is 0.812. The number of hydrogen-bond acceptors (Lipinski definition) is 5. The van der Waals surface area contributed by atoms with E-state index in [0.717, 1.165) is 6.07 Å². The number of rotatable bonds is 6. The lowest BCUT2D eigenvalue weighted by Gasteiger charge is -2.17. The van der Waals surface area contributed by atoms with Gasteiger partial charge in [0.25, 0.3) is 0 Å². The maximum absolute atomic E-state index is 14.0. The van der Waals surface area contributed by atoms with Crippen LogP contribution in [0.15, 0.2) is 12.1 Å². The summed E-state index contributed by atoms with van der Waals surface area (Å²) < 4.78 is 29.1. The molecule has 0 aliphatic heterocycles. The second-order valence-corrected chi connectivity index (χ2v) is 4.35. The molecule has 0 bridgehead atoms. The van der Waals surface area contributed by atoms with Crippen LogP contribution in [0.4, 0.5) is 4.39 Å². The first-order chi connectivity index (χ1) is 9.40. The van der Waals surface area contributed by atoms with Gasteiger partial charge in [-0.1, -0.05) is 0 Å². The molecule has 1 atom stereocenters. The van der Waals surface area contributed by atoms with E-state index in [4.69, 9.17) is 9.47 Å². The number of methoxy groups -OCH3 is 1. The van der Waals surface area contributed by atoms with E-state index in [1.807, 2.05) is 0 Å². The van der Waals surface area contributed by atoms with Crippen LogP contribution in [-0.2, 0) is 9.53 Å². The summed E-state index contributed by atoms with van der Waals surface area (Å²) in [7, 11) is 1.39. The van der Waals surface area contributed by atoms with Gasteiger partial charge in [-0.25, -0.2) is 9.18 Å². The minimum absolute atomic E-state index is 0.100. The molecule has 0 aromatic heterocycles. The molecule has 112 valence electrons. The van der Waals surface area contributed by atoms with Gasteiger partial charge in [0.1, 0.15) is 5.82 Å². The summed E-state index contributed by atoms with van der Waals surface area (Å²) in [5.41, 5.74) is -0.212. The number of esters is 1. The lowest BCUT2D eigenvalue weighted by atomic mass is 10.1. The molecule has 1 rings (SSSR count). The van der Waals surface area contributed by atoms with Gasteiger partial charge in [-0.2, -0.15) is 0 Å². The van der Waals surface area contributed by atoms with Crippen molar-refractivity contribution in [2.24, 2.45) is 0 Å². The van der Waals surface area contributed by atoms with Crippen molar-refractivity contribution >= 4 is 5.97 Å². The SMILES string of the molecule is CCOC(=O)C(O)c1cc(OC)c(OC(C)C)cc1F. The first-order valence-electron chi connectivity index (χ1n) is 6.29. The Balaban J connectivity index is 3.13. The zero-order chi connectivity index (χ0) is 15.3. The maximum Gasteiger partial charge on any atom is 0.339 e. The Labute approximate surface area is 117 Å². The van der Waals surface area contributed by atoms with E-state index in [9.17, 15) is 14.3 Å². The standard InChI is InChI=1S/C14H19FO5/c1-5-19-14(17)13(16)9-6-11(18-4)12(7-10(9)15)20-8(2)3/h6-8,13,16H,5H2,1-4H3. The molecule has 5 nitrogen and oxygen atoms in total. The van der Waals surface area contributed by atoms with Gasteiger partial charge in [0.2, 0.25) is 0 Å². The van der Waals surface area contributed by atoms with Crippen LogP contribution in [0.1, 0.15) is 32.4 Å². The summed E-state index contributed by atoms with van der Waals surface area (Å²) in [6.07, 6.45) is -1.86. The highest BCUT2D eigenvalue weighted by atomic mass is 19.1. The van der Waals surface area contributed by atoms with Gasteiger partial charge in [-0.15, -0.1) is 0 Å². The summed E-state index contributed by atoms with van der Waals surface area (Å²) >= 11 is 0. The van der Waals surface area contributed by atoms with E-state index in [-0.39, 0.29) is 29.8 Å². The number of ether oxygens (including phenoxy) is 3. The molecule has 1 aromatic rings. The first-order valence-corrected chi connectivity index (χ1v) is 6.29. The fraction of sp³-hybridized carbons (Fsp3) is 0.500. The lowest BCUT2D eigenvalue weighted by molar-refractivity contribution is -0.153. The van der Waals surface area contributed by atoms with Crippen molar-refractivity contribution in [3.8, 4) is 11.5 Å². The largest absolute Gasteiger partial charge is 0.493 e. The van der Waals surface area contributed by atoms with E-state index in [1.165, 1.54) is 13.2 Å². The average Bonchev–Trinajstić information content (AvgIpc) is 2.38. The molecule has 0 amide bonds. The monoisotopic (exact) mass is 286 g/mol. The number of benzene rings is 1. The number of aliphatic hydroxyl groups is 1. The lowest BCUT2D eigenvalue weighted by Crippen LogP contribution is -2.17. The highest BCUT2D eigenvalue weighted by Gasteiger charge is 2.24. The minimum Gasteiger partial charge on any atom is -0.493 e. The molecule has 0 saturated carbocycles. The minimum atomic E-state index is -1.70. The second-order valence-electron chi connectivity index (χ2n) is 4.35. The van der Waals surface area contributed by atoms with Gasteiger partial charge < -0.3 is 19.3 Å². The summed E-state index contributed by atoms with van der Waals surface area (Å²) in [6.45, 7) is 5.28. The molecule has 0 fully saturated rings. The Morgan fingerprint density at radius 2 is 2.00 bits per heavy atom. The van der Waals surface area contributed by atoms with Gasteiger partial charge in [0.05, 0.1) is 19.8 Å². The molecule has 1 N–H and O–H groups in total. The van der Waals surface area contributed by atoms with E-state index in [1.54, 1.807) is 20.8 Å². The third-order valence-electron chi connectivity index (χ3n) is 2.45. The molecule has 1 unspecified atom stereocenters. The molecule has 0 aliphatic carbocycles. The van der Waals surface area contributed by atoms with E-state index >= 15 is 0 Å². The van der Waals surface area contributed by atoms with Crippen molar-refractivity contribution < 1.29 is 28.5 Å². The normalized spacial score (nSPS) is 12.2. The van der Waals surface area contributed by atoms with Crippen molar-refractivity contribution in [1.82, 2.24) is 0 Å². The number of halogens is 1. The third kappa shape index (κ3) is 3.84. The molecule has 0 aliphatic rings. The molecule has 0 radical (unpaired) electrons. The van der Waals surface area contributed by atoms with Crippen LogP contribution in [-0.4, -0.2) is 30.9 Å². The smallest absolute Gasteiger partial charge is 0.339 e. The topological polar surface area (TPSA) is 65.0 Å². The molecule has 6 heteroatoms. The van der Waals surface area contributed by atoms with E-state index < -0.39 is 17.9 Å². The van der Waals surface area contributed by atoms with E-state index in [0.29, 0.717) is 0 Å². The van der Waals surface area contributed by atoms with Crippen molar-refractivity contribution in [2.45, 2.75) is 33.0 Å². The highest BCUT2D eigenvalue weighted by Crippen LogP contribution is 2.33. The highest BCUT2D eigenvalue weighted by molar-refractivity contribution is 5.76. The first kappa shape index (κ1) is 16.2. The fourth-order valence-corrected chi connectivity index (χ4v) is 1.61. The van der Waals surface area contributed by atoms with Gasteiger partial charge in [-0.3, -0.25) is 0 Å². The van der Waals surface area contributed by atoms with Crippen LogP contribution in [0.25, 0.3) is 0 Å². The van der Waals surface area contributed by atoms with Gasteiger partial charge in [-0.05, 0) is 26.8 Å². The molecule has 0 spiro atoms. The second kappa shape index (κ2) is 7.09. The number of hydrogen-bond donors (Lipinski definition) is 1. The molecular weight excluding hydrogens is 267 g/mol. The Morgan fingerprint density at radius 3 is 2.50 bits per heavy atom. The van der Waals surface area contributed by atoms with Crippen LogP contribution in [0.3, 0.4) is 0 Å². The van der Waals surface area contributed by atoms with Crippen LogP contribution in [0.5, 0.6) is 11.5 Å².